The van der Waals surface area contributed by atoms with E-state index < -0.39 is 0 Å². The van der Waals surface area contributed by atoms with Gasteiger partial charge in [0.15, 0.2) is 28.8 Å². The van der Waals surface area contributed by atoms with Crippen LogP contribution < -0.4 is 0 Å². The van der Waals surface area contributed by atoms with Crippen LogP contribution in [-0.2, 0) is 0 Å². The van der Waals surface area contributed by atoms with Crippen LogP contribution in [0.2, 0.25) is 0 Å². The van der Waals surface area contributed by atoms with Gasteiger partial charge in [-0.2, -0.15) is 0 Å². The van der Waals surface area contributed by atoms with Crippen LogP contribution in [0.5, 0.6) is 0 Å². The number of rotatable bonds is 8. The highest BCUT2D eigenvalue weighted by Crippen LogP contribution is 2.42. The lowest BCUT2D eigenvalue weighted by Crippen LogP contribution is -2.01. The van der Waals surface area contributed by atoms with E-state index >= 15 is 0 Å². The van der Waals surface area contributed by atoms with Crippen LogP contribution in [0.4, 0.5) is 11.4 Å². The molecule has 0 aliphatic rings. The smallest absolute Gasteiger partial charge is 0.194 e. The van der Waals surface area contributed by atoms with Crippen molar-refractivity contribution in [1.82, 2.24) is 15.0 Å². The molecule has 11 rings (SSSR count). The van der Waals surface area contributed by atoms with Crippen LogP contribution in [0.15, 0.2) is 224 Å². The third-order valence-electron chi connectivity index (χ3n) is 12.2. The second kappa shape index (κ2) is 17.1. The molecule has 1 heterocycles. The van der Waals surface area contributed by atoms with Gasteiger partial charge in [-0.25, -0.2) is 24.6 Å². The standard InChI is InChI=1S/C61H37N5/c1-62-49-35-32-42(33-36-49)51-21-9-11-24-55(51)61-65-59(44-15-4-3-5-16-44)64-60(66-61)45-30-27-41(28-31-45)50-20-8-10-23-54(50)56-39-47(34-37-57(56)63-2)46-18-12-19-48(38-46)53-25-13-17-43-29-26-40-14-6-7-22-52(40)58(43)53/h3-39H. The van der Waals surface area contributed by atoms with E-state index in [1.165, 1.54) is 27.1 Å². The number of nitrogens with zero attached hydrogens (tertiary/aromatic N) is 5. The molecular weight excluding hydrogens is 803 g/mol. The number of fused-ring (bicyclic) bond motifs is 3. The highest BCUT2D eigenvalue weighted by atomic mass is 15.0. The van der Waals surface area contributed by atoms with Crippen molar-refractivity contribution in [2.24, 2.45) is 0 Å². The quantitative estimate of drug-likeness (QED) is 0.113. The normalized spacial score (nSPS) is 11.0. The van der Waals surface area contributed by atoms with Crippen molar-refractivity contribution >= 4 is 32.9 Å². The molecule has 0 aliphatic carbocycles. The molecule has 10 aromatic carbocycles. The van der Waals surface area contributed by atoms with Gasteiger partial charge in [-0.1, -0.05) is 218 Å². The van der Waals surface area contributed by atoms with Gasteiger partial charge in [-0.05, 0) is 83.2 Å². The fourth-order valence-electron chi connectivity index (χ4n) is 8.95. The van der Waals surface area contributed by atoms with Crippen molar-refractivity contribution < 1.29 is 0 Å². The molecule has 306 valence electrons. The lowest BCUT2D eigenvalue weighted by molar-refractivity contribution is 1.07. The Labute approximate surface area is 383 Å². The molecule has 5 nitrogen and oxygen atoms in total. The summed E-state index contributed by atoms with van der Waals surface area (Å²) < 4.78 is 0. The zero-order valence-electron chi connectivity index (χ0n) is 35.6. The number of aromatic nitrogens is 3. The minimum Gasteiger partial charge on any atom is -0.238 e. The Balaban J connectivity index is 0.967. The van der Waals surface area contributed by atoms with Crippen molar-refractivity contribution in [3.63, 3.8) is 0 Å². The molecule has 0 spiro atoms. The van der Waals surface area contributed by atoms with Crippen molar-refractivity contribution in [3.05, 3.63) is 247 Å². The largest absolute Gasteiger partial charge is 0.238 e. The van der Waals surface area contributed by atoms with E-state index in [0.717, 1.165) is 66.8 Å². The third kappa shape index (κ3) is 7.43. The zero-order chi connectivity index (χ0) is 44.4. The molecule has 0 amide bonds. The Bertz CT molecular complexity index is 3710. The van der Waals surface area contributed by atoms with Crippen molar-refractivity contribution in [2.45, 2.75) is 0 Å². The average molecular weight is 840 g/mol. The Morgan fingerprint density at radius 3 is 1.53 bits per heavy atom. The van der Waals surface area contributed by atoms with Gasteiger partial charge in [0.05, 0.1) is 13.1 Å². The Morgan fingerprint density at radius 2 is 0.788 bits per heavy atom. The molecule has 0 bridgehead atoms. The van der Waals surface area contributed by atoms with Gasteiger partial charge in [0.2, 0.25) is 0 Å². The van der Waals surface area contributed by atoms with E-state index in [1.807, 2.05) is 91.0 Å². The summed E-state index contributed by atoms with van der Waals surface area (Å²) in [6.45, 7) is 15.7. The first-order valence-corrected chi connectivity index (χ1v) is 21.7. The fourth-order valence-corrected chi connectivity index (χ4v) is 8.95. The van der Waals surface area contributed by atoms with E-state index in [-0.39, 0.29) is 0 Å². The van der Waals surface area contributed by atoms with Crippen LogP contribution in [0.3, 0.4) is 0 Å². The monoisotopic (exact) mass is 839 g/mol. The summed E-state index contributed by atoms with van der Waals surface area (Å²) in [5.74, 6) is 1.69. The lowest BCUT2D eigenvalue weighted by atomic mass is 9.90. The summed E-state index contributed by atoms with van der Waals surface area (Å²) in [4.78, 5) is 22.7. The molecule has 0 unspecified atom stereocenters. The SMILES string of the molecule is [C-]#[N+]c1ccc(-c2ccccc2-c2nc(-c3ccccc3)nc(-c3ccc(-c4ccccc4-c4cc(-c5cccc(-c6cccc7ccc8ccccc8c67)c5)ccc4[N+]#[C-])cc3)n2)cc1. The van der Waals surface area contributed by atoms with Gasteiger partial charge < -0.3 is 0 Å². The number of benzene rings is 10. The average Bonchev–Trinajstić information content (AvgIpc) is 3.40. The van der Waals surface area contributed by atoms with E-state index in [2.05, 4.69) is 143 Å². The summed E-state index contributed by atoms with van der Waals surface area (Å²) in [6, 6.07) is 76.6. The van der Waals surface area contributed by atoms with E-state index in [4.69, 9.17) is 28.1 Å². The topological polar surface area (TPSA) is 47.4 Å². The van der Waals surface area contributed by atoms with E-state index in [0.29, 0.717) is 28.8 Å². The van der Waals surface area contributed by atoms with Gasteiger partial charge >= 0.3 is 0 Å². The van der Waals surface area contributed by atoms with Gasteiger partial charge in [-0.3, -0.25) is 0 Å². The summed E-state index contributed by atoms with van der Waals surface area (Å²) in [5.41, 5.74) is 14.0. The molecule has 0 fully saturated rings. The zero-order valence-corrected chi connectivity index (χ0v) is 35.6. The summed E-state index contributed by atoms with van der Waals surface area (Å²) in [6.07, 6.45) is 0. The Morgan fingerprint density at radius 1 is 0.288 bits per heavy atom. The fraction of sp³-hybridized carbons (Fsp3) is 0. The van der Waals surface area contributed by atoms with Gasteiger partial charge in [0, 0.05) is 16.7 Å². The van der Waals surface area contributed by atoms with Crippen LogP contribution in [0.25, 0.3) is 121 Å². The highest BCUT2D eigenvalue weighted by Gasteiger charge is 2.18. The highest BCUT2D eigenvalue weighted by molar-refractivity contribution is 6.14. The van der Waals surface area contributed by atoms with E-state index in [1.54, 1.807) is 0 Å². The minimum atomic E-state index is 0.554. The second-order valence-electron chi connectivity index (χ2n) is 16.1. The van der Waals surface area contributed by atoms with Gasteiger partial charge in [0.25, 0.3) is 0 Å². The van der Waals surface area contributed by atoms with Crippen molar-refractivity contribution in [2.75, 3.05) is 0 Å². The van der Waals surface area contributed by atoms with Crippen LogP contribution in [0, 0.1) is 13.1 Å². The maximum Gasteiger partial charge on any atom is 0.194 e. The number of hydrogen-bond donors (Lipinski definition) is 0. The first-order chi connectivity index (χ1) is 32.6. The van der Waals surface area contributed by atoms with Crippen molar-refractivity contribution in [1.29, 1.82) is 0 Å². The molecule has 5 heteroatoms. The molecular formula is C61H37N5. The van der Waals surface area contributed by atoms with Crippen LogP contribution >= 0.6 is 0 Å². The molecule has 0 atom stereocenters. The third-order valence-corrected chi connectivity index (χ3v) is 12.2. The van der Waals surface area contributed by atoms with Gasteiger partial charge in [0.1, 0.15) is 0 Å². The summed E-state index contributed by atoms with van der Waals surface area (Å²) in [5, 5.41) is 4.91. The lowest BCUT2D eigenvalue weighted by Gasteiger charge is -2.15. The van der Waals surface area contributed by atoms with Crippen LogP contribution in [-0.4, -0.2) is 15.0 Å². The molecule has 0 saturated heterocycles. The number of hydrogen-bond acceptors (Lipinski definition) is 3. The van der Waals surface area contributed by atoms with Gasteiger partial charge in [-0.15, -0.1) is 0 Å². The molecule has 0 aliphatic heterocycles. The van der Waals surface area contributed by atoms with Crippen LogP contribution in [0.1, 0.15) is 0 Å². The molecule has 0 radical (unpaired) electrons. The molecule has 11 aromatic rings. The molecule has 0 N–H and O–H groups in total. The van der Waals surface area contributed by atoms with Crippen molar-refractivity contribution in [3.8, 4) is 89.8 Å². The van der Waals surface area contributed by atoms with E-state index in [9.17, 15) is 0 Å². The molecule has 66 heavy (non-hydrogen) atoms. The summed E-state index contributed by atoms with van der Waals surface area (Å²) in [7, 11) is 0. The Hall–Kier alpha value is -9.29. The predicted molar refractivity (Wildman–Crippen MR) is 271 cm³/mol. The maximum atomic E-state index is 8.23. The second-order valence-corrected chi connectivity index (χ2v) is 16.1. The maximum absolute atomic E-state index is 8.23. The first kappa shape index (κ1) is 39.5. The summed E-state index contributed by atoms with van der Waals surface area (Å²) >= 11 is 0. The first-order valence-electron chi connectivity index (χ1n) is 21.7. The molecule has 1 aromatic heterocycles. The molecule has 0 saturated carbocycles. The Kier molecular flexibility index (Phi) is 10.3. The predicted octanol–water partition coefficient (Wildman–Crippen LogP) is 16.6. The minimum absolute atomic E-state index is 0.554.